The molecule has 19 heavy (non-hydrogen) atoms. The van der Waals surface area contributed by atoms with Gasteiger partial charge in [0.25, 0.3) is 0 Å². The zero-order chi connectivity index (χ0) is 14.0. The van der Waals surface area contributed by atoms with Crippen LogP contribution < -0.4 is 5.73 Å². The van der Waals surface area contributed by atoms with Gasteiger partial charge >= 0.3 is 0 Å². The van der Waals surface area contributed by atoms with Crippen molar-refractivity contribution < 1.29 is 4.79 Å². The molecule has 0 aliphatic heterocycles. The number of aromatic nitrogens is 1. The van der Waals surface area contributed by atoms with Crippen molar-refractivity contribution in [3.05, 3.63) is 15.6 Å². The molecule has 106 valence electrons. The van der Waals surface area contributed by atoms with Gasteiger partial charge in [-0.2, -0.15) is 0 Å². The van der Waals surface area contributed by atoms with E-state index in [9.17, 15) is 4.79 Å². The minimum Gasteiger partial charge on any atom is -0.329 e. The van der Waals surface area contributed by atoms with Gasteiger partial charge in [-0.25, -0.2) is 4.98 Å². The van der Waals surface area contributed by atoms with Gasteiger partial charge in [-0.05, 0) is 45.4 Å². The average molecular weight is 280 g/mol. The summed E-state index contributed by atoms with van der Waals surface area (Å²) in [6.45, 7) is 6.81. The topological polar surface area (TPSA) is 56.0 Å². The van der Waals surface area contributed by atoms with Crippen LogP contribution in [0.5, 0.6) is 0 Å². The van der Waals surface area contributed by atoms with E-state index in [1.165, 1.54) is 4.88 Å². The van der Waals surface area contributed by atoms with Crippen LogP contribution in [0.4, 0.5) is 0 Å². The fourth-order valence-corrected chi connectivity index (χ4v) is 3.78. The molecule has 1 aromatic heterocycles. The van der Waals surface area contributed by atoms with Crippen LogP contribution in [0.3, 0.4) is 0 Å². The molecule has 2 rings (SSSR count). The molecule has 0 bridgehead atoms. The Morgan fingerprint density at radius 3 is 2.53 bits per heavy atom. The highest BCUT2D eigenvalue weighted by atomic mass is 32.1. The summed E-state index contributed by atoms with van der Waals surface area (Å²) >= 11 is 1.64. The number of thiazole rings is 1. The van der Waals surface area contributed by atoms with Crippen LogP contribution >= 0.6 is 11.3 Å². The summed E-state index contributed by atoms with van der Waals surface area (Å²) < 4.78 is 0. The smallest absolute Gasteiger partial charge is 0.147 e. The predicted molar refractivity (Wildman–Crippen MR) is 79.4 cm³/mol. The normalized spacial score (nSPS) is 27.5. The van der Waals surface area contributed by atoms with E-state index in [1.807, 2.05) is 6.92 Å². The Bertz CT molecular complexity index is 439. The fraction of sp³-hybridized carbons (Fsp3) is 0.733. The zero-order valence-electron chi connectivity index (χ0n) is 12.2. The Morgan fingerprint density at radius 2 is 2.05 bits per heavy atom. The first-order valence-corrected chi connectivity index (χ1v) is 7.95. The molecule has 0 spiro atoms. The molecule has 0 radical (unpaired) electrons. The monoisotopic (exact) mass is 280 g/mol. The summed E-state index contributed by atoms with van der Waals surface area (Å²) in [5.41, 5.74) is 6.71. The maximum Gasteiger partial charge on any atom is 0.147 e. The lowest BCUT2D eigenvalue weighted by atomic mass is 9.68. The predicted octanol–water partition coefficient (Wildman–Crippen LogP) is 3.03. The first-order valence-electron chi connectivity index (χ1n) is 7.13. The van der Waals surface area contributed by atoms with Crippen molar-refractivity contribution in [3.8, 4) is 0 Å². The fourth-order valence-electron chi connectivity index (χ4n) is 2.85. The lowest BCUT2D eigenvalue weighted by molar-refractivity contribution is -0.129. The standard InChI is InChI=1S/C15H24N2OS/c1-10-4-6-15(9-16,7-5-10)13(18)8-14-17-11(2)12(3)19-14/h10H,4-9,16H2,1-3H3. The van der Waals surface area contributed by atoms with Crippen molar-refractivity contribution in [1.82, 2.24) is 4.98 Å². The second kappa shape index (κ2) is 5.71. The Balaban J connectivity index is 2.09. The molecule has 0 amide bonds. The van der Waals surface area contributed by atoms with Gasteiger partial charge in [-0.3, -0.25) is 4.79 Å². The highest BCUT2D eigenvalue weighted by Gasteiger charge is 2.39. The van der Waals surface area contributed by atoms with Gasteiger partial charge in [0, 0.05) is 16.8 Å². The Hall–Kier alpha value is -0.740. The van der Waals surface area contributed by atoms with E-state index in [0.717, 1.165) is 42.3 Å². The van der Waals surface area contributed by atoms with Crippen molar-refractivity contribution >= 4 is 17.1 Å². The summed E-state index contributed by atoms with van der Waals surface area (Å²) in [4.78, 5) is 18.3. The van der Waals surface area contributed by atoms with Gasteiger partial charge in [0.2, 0.25) is 0 Å². The maximum atomic E-state index is 12.6. The summed E-state index contributed by atoms with van der Waals surface area (Å²) in [6, 6.07) is 0. The van der Waals surface area contributed by atoms with E-state index >= 15 is 0 Å². The number of Topliss-reactive ketones (excluding diaryl/α,β-unsaturated/α-hetero) is 1. The first-order chi connectivity index (χ1) is 8.97. The molecule has 1 saturated carbocycles. The molecule has 1 aliphatic rings. The maximum absolute atomic E-state index is 12.6. The average Bonchev–Trinajstić information content (AvgIpc) is 2.69. The van der Waals surface area contributed by atoms with Crippen molar-refractivity contribution in [3.63, 3.8) is 0 Å². The lowest BCUT2D eigenvalue weighted by Gasteiger charge is -2.37. The van der Waals surface area contributed by atoms with E-state index < -0.39 is 0 Å². The van der Waals surface area contributed by atoms with Crippen molar-refractivity contribution in [2.24, 2.45) is 17.1 Å². The molecule has 1 heterocycles. The number of nitrogens with two attached hydrogens (primary N) is 1. The van der Waals surface area contributed by atoms with Crippen molar-refractivity contribution in [2.45, 2.75) is 52.9 Å². The zero-order valence-corrected chi connectivity index (χ0v) is 13.0. The van der Waals surface area contributed by atoms with Crippen LogP contribution in [0.2, 0.25) is 0 Å². The number of hydrogen-bond donors (Lipinski definition) is 1. The third kappa shape index (κ3) is 3.06. The SMILES string of the molecule is Cc1nc(CC(=O)C2(CN)CCC(C)CC2)sc1C. The molecule has 1 aromatic rings. The van der Waals surface area contributed by atoms with E-state index in [1.54, 1.807) is 11.3 Å². The Labute approximate surface area is 119 Å². The number of carbonyl (C=O) groups excluding carboxylic acids is 1. The van der Waals surface area contributed by atoms with Crippen LogP contribution in [0, 0.1) is 25.2 Å². The van der Waals surface area contributed by atoms with Gasteiger partial charge in [0.15, 0.2) is 0 Å². The van der Waals surface area contributed by atoms with Gasteiger partial charge in [0.05, 0.1) is 12.1 Å². The number of aryl methyl sites for hydroxylation is 2. The van der Waals surface area contributed by atoms with E-state index in [-0.39, 0.29) is 5.41 Å². The Kier molecular flexibility index (Phi) is 4.41. The molecule has 1 aliphatic carbocycles. The van der Waals surface area contributed by atoms with Crippen LogP contribution in [0.25, 0.3) is 0 Å². The summed E-state index contributed by atoms with van der Waals surface area (Å²) in [5.74, 6) is 1.03. The van der Waals surface area contributed by atoms with Crippen LogP contribution in [0.1, 0.15) is 48.2 Å². The van der Waals surface area contributed by atoms with E-state index in [2.05, 4.69) is 18.8 Å². The second-order valence-electron chi connectivity index (χ2n) is 6.02. The van der Waals surface area contributed by atoms with Crippen molar-refractivity contribution in [1.29, 1.82) is 0 Å². The van der Waals surface area contributed by atoms with E-state index in [0.29, 0.717) is 18.7 Å². The van der Waals surface area contributed by atoms with E-state index in [4.69, 9.17) is 5.73 Å². The minimum atomic E-state index is -0.278. The highest BCUT2D eigenvalue weighted by Crippen LogP contribution is 2.39. The molecule has 4 heteroatoms. The van der Waals surface area contributed by atoms with Crippen molar-refractivity contribution in [2.75, 3.05) is 6.54 Å². The van der Waals surface area contributed by atoms with Crippen LogP contribution in [0.15, 0.2) is 0 Å². The Morgan fingerprint density at radius 1 is 1.42 bits per heavy atom. The lowest BCUT2D eigenvalue weighted by Crippen LogP contribution is -2.42. The van der Waals surface area contributed by atoms with Crippen LogP contribution in [-0.4, -0.2) is 17.3 Å². The molecule has 2 N–H and O–H groups in total. The second-order valence-corrected chi connectivity index (χ2v) is 7.30. The molecule has 0 saturated heterocycles. The first kappa shape index (κ1) is 14.7. The largest absolute Gasteiger partial charge is 0.329 e. The van der Waals surface area contributed by atoms with Gasteiger partial charge in [0.1, 0.15) is 10.8 Å². The number of ketones is 1. The number of hydrogen-bond acceptors (Lipinski definition) is 4. The molecular formula is C15H24N2OS. The van der Waals surface area contributed by atoms with Gasteiger partial charge < -0.3 is 5.73 Å². The number of rotatable bonds is 4. The third-order valence-corrected chi connectivity index (χ3v) is 5.67. The molecule has 0 aromatic carbocycles. The molecular weight excluding hydrogens is 256 g/mol. The summed E-state index contributed by atoms with van der Waals surface area (Å²) in [5, 5.41) is 0.950. The third-order valence-electron chi connectivity index (χ3n) is 4.60. The van der Waals surface area contributed by atoms with Crippen LogP contribution in [-0.2, 0) is 11.2 Å². The summed E-state index contributed by atoms with van der Waals surface area (Å²) in [6.07, 6.45) is 4.61. The molecule has 0 atom stereocenters. The van der Waals surface area contributed by atoms with Gasteiger partial charge in [-0.15, -0.1) is 11.3 Å². The molecule has 0 unspecified atom stereocenters. The van der Waals surface area contributed by atoms with Gasteiger partial charge in [-0.1, -0.05) is 6.92 Å². The molecule has 1 fully saturated rings. The number of nitrogens with zero attached hydrogens (tertiary/aromatic N) is 1. The summed E-state index contributed by atoms with van der Waals surface area (Å²) in [7, 11) is 0. The quantitative estimate of drug-likeness (QED) is 0.922. The number of carbonyl (C=O) groups is 1. The minimum absolute atomic E-state index is 0.278. The highest BCUT2D eigenvalue weighted by molar-refractivity contribution is 7.11. The molecule has 3 nitrogen and oxygen atoms in total.